The van der Waals surface area contributed by atoms with Crippen LogP contribution < -0.4 is 0 Å². The summed E-state index contributed by atoms with van der Waals surface area (Å²) >= 11 is 0. The number of carbonyl (C=O) groups excluding carboxylic acids is 2. The molecule has 3 saturated carbocycles. The standard InChI is InChI=1S/C25H38O3/c1-15-14-21-19-11-10-18-8-7-9-22(28-17(3)27)24(18,5)20(19)12-13-23(21,4)25(15,6)16(2)26/h10,15,19-22H,7-9,11-14H2,1-6H3/t15-,19?,20?,21?,22?,23?,24?,25-/m1/s1. The summed E-state index contributed by atoms with van der Waals surface area (Å²) in [5.41, 5.74) is 1.39. The third-order valence-electron chi connectivity index (χ3n) is 10.3. The number of allylic oxidation sites excluding steroid dienone is 1. The quantitative estimate of drug-likeness (QED) is 0.450. The fraction of sp³-hybridized carbons (Fsp3) is 0.840. The first-order chi connectivity index (χ1) is 13.1. The van der Waals surface area contributed by atoms with Gasteiger partial charge in [-0.3, -0.25) is 9.59 Å². The van der Waals surface area contributed by atoms with Gasteiger partial charge in [0.25, 0.3) is 0 Å². The molecule has 156 valence electrons. The van der Waals surface area contributed by atoms with Gasteiger partial charge in [0.15, 0.2) is 0 Å². The van der Waals surface area contributed by atoms with Crippen LogP contribution in [0.3, 0.4) is 0 Å². The summed E-state index contributed by atoms with van der Waals surface area (Å²) in [6, 6.07) is 0. The predicted octanol–water partition coefficient (Wildman–Crippen LogP) is 5.72. The van der Waals surface area contributed by atoms with E-state index < -0.39 is 0 Å². The van der Waals surface area contributed by atoms with Gasteiger partial charge < -0.3 is 4.74 Å². The van der Waals surface area contributed by atoms with E-state index in [0.29, 0.717) is 29.5 Å². The monoisotopic (exact) mass is 386 g/mol. The molecule has 0 aliphatic heterocycles. The Balaban J connectivity index is 1.73. The van der Waals surface area contributed by atoms with E-state index in [2.05, 4.69) is 33.8 Å². The molecule has 0 bridgehead atoms. The van der Waals surface area contributed by atoms with Crippen molar-refractivity contribution in [3.05, 3.63) is 11.6 Å². The maximum Gasteiger partial charge on any atom is 0.302 e. The minimum Gasteiger partial charge on any atom is -0.462 e. The van der Waals surface area contributed by atoms with E-state index >= 15 is 0 Å². The fourth-order valence-corrected chi connectivity index (χ4v) is 8.40. The average Bonchev–Trinajstić information content (AvgIpc) is 2.83. The van der Waals surface area contributed by atoms with Gasteiger partial charge in [-0.1, -0.05) is 39.3 Å². The van der Waals surface area contributed by atoms with Crippen molar-refractivity contribution >= 4 is 11.8 Å². The van der Waals surface area contributed by atoms with Gasteiger partial charge in [-0.15, -0.1) is 0 Å². The lowest BCUT2D eigenvalue weighted by Gasteiger charge is -2.60. The van der Waals surface area contributed by atoms with E-state index in [9.17, 15) is 9.59 Å². The van der Waals surface area contributed by atoms with Crippen molar-refractivity contribution in [2.24, 2.45) is 39.9 Å². The van der Waals surface area contributed by atoms with E-state index in [0.717, 1.165) is 44.9 Å². The highest BCUT2D eigenvalue weighted by molar-refractivity contribution is 5.83. The molecule has 0 spiro atoms. The highest BCUT2D eigenvalue weighted by Crippen LogP contribution is 2.71. The summed E-state index contributed by atoms with van der Waals surface area (Å²) in [6.07, 6.45) is 10.3. The van der Waals surface area contributed by atoms with Crippen molar-refractivity contribution in [3.8, 4) is 0 Å². The zero-order valence-corrected chi connectivity index (χ0v) is 18.6. The molecule has 0 amide bonds. The van der Waals surface area contributed by atoms with Gasteiger partial charge in [0.2, 0.25) is 0 Å². The van der Waals surface area contributed by atoms with Crippen molar-refractivity contribution in [1.29, 1.82) is 0 Å². The molecule has 0 radical (unpaired) electrons. The number of fused-ring (bicyclic) bond motifs is 5. The van der Waals surface area contributed by atoms with Crippen LogP contribution in [-0.2, 0) is 14.3 Å². The van der Waals surface area contributed by atoms with Gasteiger partial charge in [0.1, 0.15) is 11.9 Å². The van der Waals surface area contributed by atoms with Gasteiger partial charge in [0, 0.05) is 17.8 Å². The van der Waals surface area contributed by atoms with Gasteiger partial charge in [-0.05, 0) is 81.0 Å². The molecule has 3 fully saturated rings. The van der Waals surface area contributed by atoms with Crippen molar-refractivity contribution < 1.29 is 14.3 Å². The molecule has 0 aromatic carbocycles. The summed E-state index contributed by atoms with van der Waals surface area (Å²) in [6.45, 7) is 12.7. The molecule has 0 aromatic heterocycles. The van der Waals surface area contributed by atoms with E-state index in [1.54, 1.807) is 6.92 Å². The molecular formula is C25H38O3. The Labute approximate surface area is 170 Å². The Hall–Kier alpha value is -1.12. The van der Waals surface area contributed by atoms with E-state index in [-0.39, 0.29) is 28.3 Å². The number of ketones is 1. The second kappa shape index (κ2) is 6.44. The largest absolute Gasteiger partial charge is 0.462 e. The summed E-state index contributed by atoms with van der Waals surface area (Å²) in [5, 5.41) is 0. The zero-order valence-electron chi connectivity index (χ0n) is 18.6. The maximum absolute atomic E-state index is 12.8. The minimum atomic E-state index is -0.213. The minimum absolute atomic E-state index is 0.0140. The lowest BCUT2D eigenvalue weighted by Crippen LogP contribution is -2.56. The number of rotatable bonds is 2. The smallest absolute Gasteiger partial charge is 0.302 e. The highest BCUT2D eigenvalue weighted by Gasteiger charge is 2.67. The van der Waals surface area contributed by atoms with Gasteiger partial charge in [-0.2, -0.15) is 0 Å². The van der Waals surface area contributed by atoms with E-state index in [1.165, 1.54) is 5.57 Å². The predicted molar refractivity (Wildman–Crippen MR) is 111 cm³/mol. The molecule has 6 unspecified atom stereocenters. The van der Waals surface area contributed by atoms with Crippen LogP contribution in [0.2, 0.25) is 0 Å². The normalized spacial score (nSPS) is 50.1. The number of hydrogen-bond acceptors (Lipinski definition) is 3. The number of ether oxygens (including phenoxy) is 1. The number of Topliss-reactive ketones (excluding diaryl/α,β-unsaturated/α-hetero) is 1. The first kappa shape index (κ1) is 20.2. The summed E-state index contributed by atoms with van der Waals surface area (Å²) < 4.78 is 5.92. The molecule has 4 rings (SSSR count). The van der Waals surface area contributed by atoms with E-state index in [1.807, 2.05) is 6.92 Å². The zero-order chi connectivity index (χ0) is 20.5. The van der Waals surface area contributed by atoms with Crippen LogP contribution in [0, 0.1) is 39.9 Å². The van der Waals surface area contributed by atoms with E-state index in [4.69, 9.17) is 4.74 Å². The Bertz CT molecular complexity index is 723. The molecule has 0 N–H and O–H groups in total. The molecule has 28 heavy (non-hydrogen) atoms. The second-order valence-electron chi connectivity index (χ2n) is 11.0. The highest BCUT2D eigenvalue weighted by atomic mass is 16.5. The van der Waals surface area contributed by atoms with Crippen molar-refractivity contribution in [2.75, 3.05) is 0 Å². The Morgan fingerprint density at radius 3 is 2.46 bits per heavy atom. The molecule has 3 heteroatoms. The Morgan fingerprint density at radius 1 is 1.11 bits per heavy atom. The lowest BCUT2D eigenvalue weighted by atomic mass is 9.45. The second-order valence-corrected chi connectivity index (χ2v) is 11.0. The van der Waals surface area contributed by atoms with Crippen molar-refractivity contribution in [2.45, 2.75) is 92.6 Å². The third kappa shape index (κ3) is 2.40. The fourth-order valence-electron chi connectivity index (χ4n) is 8.40. The summed E-state index contributed by atoms with van der Waals surface area (Å²) in [5.74, 6) is 2.42. The molecular weight excluding hydrogens is 348 g/mol. The van der Waals surface area contributed by atoms with Gasteiger partial charge in [-0.25, -0.2) is 0 Å². The average molecular weight is 387 g/mol. The van der Waals surface area contributed by atoms with Crippen LogP contribution in [0.5, 0.6) is 0 Å². The SMILES string of the molecule is CC(=O)OC1CCCC2=CCC3C(CCC4(C)C3C[C@@H](C)[C@]4(C)C(C)=O)C21C. The number of esters is 1. The topological polar surface area (TPSA) is 43.4 Å². The van der Waals surface area contributed by atoms with Crippen LogP contribution >= 0.6 is 0 Å². The summed E-state index contributed by atoms with van der Waals surface area (Å²) in [7, 11) is 0. The molecule has 4 aliphatic carbocycles. The third-order valence-corrected chi connectivity index (χ3v) is 10.3. The van der Waals surface area contributed by atoms with Gasteiger partial charge >= 0.3 is 5.97 Å². The van der Waals surface area contributed by atoms with Crippen molar-refractivity contribution in [1.82, 2.24) is 0 Å². The van der Waals surface area contributed by atoms with Crippen LogP contribution in [0.4, 0.5) is 0 Å². The lowest BCUT2D eigenvalue weighted by molar-refractivity contribution is -0.164. The Morgan fingerprint density at radius 2 is 1.82 bits per heavy atom. The number of hydrogen-bond donors (Lipinski definition) is 0. The Kier molecular flexibility index (Phi) is 4.64. The molecule has 0 saturated heterocycles. The molecule has 0 aromatic rings. The summed E-state index contributed by atoms with van der Waals surface area (Å²) in [4.78, 5) is 24.6. The molecule has 4 aliphatic rings. The first-order valence-electron chi connectivity index (χ1n) is 11.4. The molecule has 0 heterocycles. The van der Waals surface area contributed by atoms with Crippen LogP contribution in [0.1, 0.15) is 86.5 Å². The van der Waals surface area contributed by atoms with Crippen LogP contribution in [0.25, 0.3) is 0 Å². The first-order valence-corrected chi connectivity index (χ1v) is 11.4. The maximum atomic E-state index is 12.8. The molecule has 8 atom stereocenters. The van der Waals surface area contributed by atoms with Crippen LogP contribution in [-0.4, -0.2) is 17.9 Å². The van der Waals surface area contributed by atoms with Crippen LogP contribution in [0.15, 0.2) is 11.6 Å². The van der Waals surface area contributed by atoms with Gasteiger partial charge in [0.05, 0.1) is 0 Å². The number of carbonyl (C=O) groups is 2. The van der Waals surface area contributed by atoms with Crippen molar-refractivity contribution in [3.63, 3.8) is 0 Å². The molecule has 3 nitrogen and oxygen atoms in total.